The van der Waals surface area contributed by atoms with E-state index < -0.39 is 0 Å². The highest BCUT2D eigenvalue weighted by molar-refractivity contribution is 5.27. The Morgan fingerprint density at radius 1 is 1.27 bits per heavy atom. The summed E-state index contributed by atoms with van der Waals surface area (Å²) in [5.41, 5.74) is 2.96. The van der Waals surface area contributed by atoms with E-state index in [1.807, 2.05) is 13.8 Å². The largest absolute Gasteiger partial charge is 0.124 e. The van der Waals surface area contributed by atoms with Crippen LogP contribution in [0.3, 0.4) is 0 Å². The monoisotopic (exact) mass is 204 g/mol. The molecule has 0 aromatic rings. The van der Waals surface area contributed by atoms with Crippen LogP contribution in [0.5, 0.6) is 0 Å². The summed E-state index contributed by atoms with van der Waals surface area (Å²) >= 11 is 0. The zero-order chi connectivity index (χ0) is 12.1. The highest BCUT2D eigenvalue weighted by Gasteiger charge is 1.98. The van der Waals surface area contributed by atoms with E-state index in [4.69, 9.17) is 0 Å². The van der Waals surface area contributed by atoms with Crippen LogP contribution in [0.25, 0.3) is 0 Å². The van der Waals surface area contributed by atoms with E-state index in [2.05, 4.69) is 51.0 Å². The molecule has 15 heavy (non-hydrogen) atoms. The summed E-state index contributed by atoms with van der Waals surface area (Å²) in [5, 5.41) is 0. The first kappa shape index (κ1) is 16.2. The average molecular weight is 204 g/mol. The van der Waals surface area contributed by atoms with Gasteiger partial charge in [-0.2, -0.15) is 0 Å². The highest BCUT2D eigenvalue weighted by atomic mass is 14.0. The smallest absolute Gasteiger partial charge is 0.0132 e. The van der Waals surface area contributed by atoms with Crippen molar-refractivity contribution in [1.82, 2.24) is 0 Å². The summed E-state index contributed by atoms with van der Waals surface area (Å²) in [6, 6.07) is 0. The Hall–Kier alpha value is -1.22. The van der Waals surface area contributed by atoms with E-state index in [1.165, 1.54) is 5.57 Å². The van der Waals surface area contributed by atoms with E-state index in [0.717, 1.165) is 19.3 Å². The maximum atomic E-state index is 4.00. The fourth-order valence-electron chi connectivity index (χ4n) is 1.37. The lowest BCUT2D eigenvalue weighted by Gasteiger charge is -1.95. The van der Waals surface area contributed by atoms with Gasteiger partial charge in [-0.15, -0.1) is 12.8 Å². The van der Waals surface area contributed by atoms with Crippen LogP contribution in [0.15, 0.2) is 35.5 Å². The standard InChI is InChI=1S/C11H16.C2H6.C2H2/c1-3-6-10(2)9-11-7-4-5-8-11;2*1-2/h4-6,9H,3,7-8H2,1-2H3;1-2H3;1-2H/b10-6-;;. The normalized spacial score (nSPS) is 13.5. The quantitative estimate of drug-likeness (QED) is 0.443. The minimum Gasteiger partial charge on any atom is -0.124 e. The molecule has 0 amide bonds. The van der Waals surface area contributed by atoms with Crippen molar-refractivity contribution < 1.29 is 0 Å². The molecule has 0 N–H and O–H groups in total. The Bertz CT molecular complexity index is 226. The van der Waals surface area contributed by atoms with Gasteiger partial charge in [0.1, 0.15) is 0 Å². The summed E-state index contributed by atoms with van der Waals surface area (Å²) in [5.74, 6) is 0. The van der Waals surface area contributed by atoms with Gasteiger partial charge in [0.05, 0.1) is 0 Å². The summed E-state index contributed by atoms with van der Waals surface area (Å²) in [4.78, 5) is 0. The van der Waals surface area contributed by atoms with Crippen molar-refractivity contribution in [3.63, 3.8) is 0 Å². The zero-order valence-corrected chi connectivity index (χ0v) is 10.6. The van der Waals surface area contributed by atoms with Crippen LogP contribution in [0.1, 0.15) is 47.0 Å². The van der Waals surface area contributed by atoms with Gasteiger partial charge in [0.15, 0.2) is 0 Å². The van der Waals surface area contributed by atoms with Gasteiger partial charge in [-0.05, 0) is 26.2 Å². The molecule has 0 heterocycles. The van der Waals surface area contributed by atoms with E-state index in [0.29, 0.717) is 0 Å². The maximum Gasteiger partial charge on any atom is -0.0132 e. The molecule has 0 fully saturated rings. The van der Waals surface area contributed by atoms with Crippen LogP contribution >= 0.6 is 0 Å². The SMILES string of the molecule is C#C.CC.CC/C=C(/C)C=C1CC=CC1. The number of hydrogen-bond donors (Lipinski definition) is 0. The first-order valence-corrected chi connectivity index (χ1v) is 5.67. The molecule has 0 unspecified atom stereocenters. The molecule has 1 rings (SSSR count). The van der Waals surface area contributed by atoms with Gasteiger partial charge < -0.3 is 0 Å². The molecule has 0 saturated heterocycles. The highest BCUT2D eigenvalue weighted by Crippen LogP contribution is 2.18. The third-order valence-electron chi connectivity index (χ3n) is 1.88. The van der Waals surface area contributed by atoms with Gasteiger partial charge in [-0.3, -0.25) is 0 Å². The summed E-state index contributed by atoms with van der Waals surface area (Å²) in [6.45, 7) is 8.35. The van der Waals surface area contributed by atoms with Crippen LogP contribution in [-0.2, 0) is 0 Å². The molecule has 0 nitrogen and oxygen atoms in total. The number of hydrogen-bond acceptors (Lipinski definition) is 0. The Morgan fingerprint density at radius 2 is 1.73 bits per heavy atom. The number of terminal acetylenes is 1. The molecule has 1 aliphatic carbocycles. The van der Waals surface area contributed by atoms with Gasteiger partial charge in [-0.1, -0.05) is 56.2 Å². The molecular formula is C15H24. The molecular weight excluding hydrogens is 180 g/mol. The maximum absolute atomic E-state index is 4.00. The van der Waals surface area contributed by atoms with Crippen molar-refractivity contribution in [3.05, 3.63) is 35.5 Å². The Morgan fingerprint density at radius 3 is 2.13 bits per heavy atom. The molecule has 0 aromatic heterocycles. The van der Waals surface area contributed by atoms with Crippen molar-refractivity contribution in [1.29, 1.82) is 0 Å². The molecule has 0 aromatic carbocycles. The number of rotatable bonds is 2. The fraction of sp³-hybridized carbons (Fsp3) is 0.467. The van der Waals surface area contributed by atoms with Crippen molar-refractivity contribution in [2.24, 2.45) is 0 Å². The van der Waals surface area contributed by atoms with Crippen LogP contribution in [0.2, 0.25) is 0 Å². The third-order valence-corrected chi connectivity index (χ3v) is 1.88. The van der Waals surface area contributed by atoms with E-state index >= 15 is 0 Å². The van der Waals surface area contributed by atoms with Crippen molar-refractivity contribution >= 4 is 0 Å². The predicted octanol–water partition coefficient (Wildman–Crippen LogP) is 4.89. The molecule has 1 aliphatic rings. The molecule has 0 bridgehead atoms. The predicted molar refractivity (Wildman–Crippen MR) is 71.7 cm³/mol. The second-order valence-electron chi connectivity index (χ2n) is 3.04. The van der Waals surface area contributed by atoms with E-state index in [9.17, 15) is 0 Å². The van der Waals surface area contributed by atoms with E-state index in [1.54, 1.807) is 5.57 Å². The lowest BCUT2D eigenvalue weighted by atomic mass is 10.1. The minimum atomic E-state index is 1.14. The lowest BCUT2D eigenvalue weighted by molar-refractivity contribution is 1.16. The topological polar surface area (TPSA) is 0 Å². The first-order chi connectivity index (χ1) is 7.33. The summed E-state index contributed by atoms with van der Waals surface area (Å²) in [6.07, 6.45) is 20.5. The Labute approximate surface area is 95.8 Å². The Balaban J connectivity index is 0. The second kappa shape index (κ2) is 12.8. The van der Waals surface area contributed by atoms with Crippen molar-refractivity contribution in [3.8, 4) is 12.8 Å². The summed E-state index contributed by atoms with van der Waals surface area (Å²) < 4.78 is 0. The molecule has 0 radical (unpaired) electrons. The first-order valence-electron chi connectivity index (χ1n) is 5.67. The minimum absolute atomic E-state index is 1.14. The number of allylic oxidation sites excluding steroid dienone is 6. The lowest BCUT2D eigenvalue weighted by Crippen LogP contribution is -1.75. The second-order valence-corrected chi connectivity index (χ2v) is 3.04. The van der Waals surface area contributed by atoms with Gasteiger partial charge in [-0.25, -0.2) is 0 Å². The van der Waals surface area contributed by atoms with Crippen molar-refractivity contribution in [2.45, 2.75) is 47.0 Å². The van der Waals surface area contributed by atoms with Crippen molar-refractivity contribution in [2.75, 3.05) is 0 Å². The van der Waals surface area contributed by atoms with Gasteiger partial charge in [0.25, 0.3) is 0 Å². The van der Waals surface area contributed by atoms with Crippen LogP contribution in [0, 0.1) is 12.8 Å². The fourth-order valence-corrected chi connectivity index (χ4v) is 1.37. The Kier molecular flexibility index (Phi) is 13.8. The molecule has 84 valence electrons. The molecule has 0 heteroatoms. The van der Waals surface area contributed by atoms with E-state index in [-0.39, 0.29) is 0 Å². The van der Waals surface area contributed by atoms with Crippen LogP contribution in [0.4, 0.5) is 0 Å². The zero-order valence-electron chi connectivity index (χ0n) is 10.6. The van der Waals surface area contributed by atoms with Crippen LogP contribution in [-0.4, -0.2) is 0 Å². The molecule has 0 atom stereocenters. The molecule has 0 saturated carbocycles. The summed E-state index contributed by atoms with van der Waals surface area (Å²) in [7, 11) is 0. The van der Waals surface area contributed by atoms with Crippen LogP contribution < -0.4 is 0 Å². The van der Waals surface area contributed by atoms with Gasteiger partial charge in [0, 0.05) is 0 Å². The molecule has 0 aliphatic heterocycles. The molecule has 0 spiro atoms. The third kappa shape index (κ3) is 9.09. The average Bonchev–Trinajstić information content (AvgIpc) is 2.77. The van der Waals surface area contributed by atoms with Gasteiger partial charge in [0.2, 0.25) is 0 Å². The van der Waals surface area contributed by atoms with Gasteiger partial charge >= 0.3 is 0 Å².